The molecule has 0 radical (unpaired) electrons. The lowest BCUT2D eigenvalue weighted by molar-refractivity contribution is -0.125. The summed E-state index contributed by atoms with van der Waals surface area (Å²) in [5.74, 6) is 1.87. The summed E-state index contributed by atoms with van der Waals surface area (Å²) >= 11 is 0. The van der Waals surface area contributed by atoms with Crippen LogP contribution in [0.1, 0.15) is 44.1 Å². The zero-order valence-electron chi connectivity index (χ0n) is 18.7. The summed E-state index contributed by atoms with van der Waals surface area (Å²) in [6.07, 6.45) is 8.82. The van der Waals surface area contributed by atoms with Crippen molar-refractivity contribution in [2.24, 2.45) is 5.92 Å². The van der Waals surface area contributed by atoms with Crippen LogP contribution >= 0.6 is 0 Å². The number of nitrogens with one attached hydrogen (secondary N) is 1. The third kappa shape index (κ3) is 6.03. The molecule has 2 fully saturated rings. The molecule has 2 aliphatic heterocycles. The largest absolute Gasteiger partial charge is 0.356 e. The molecule has 3 heterocycles. The highest BCUT2D eigenvalue weighted by atomic mass is 16.1. The van der Waals surface area contributed by atoms with Crippen molar-refractivity contribution in [2.75, 3.05) is 44.2 Å². The Hall–Kier alpha value is -2.47. The molecule has 1 atom stereocenters. The fourth-order valence-electron chi connectivity index (χ4n) is 4.61. The van der Waals surface area contributed by atoms with Gasteiger partial charge in [0.15, 0.2) is 5.82 Å². The summed E-state index contributed by atoms with van der Waals surface area (Å²) in [5, 5.41) is 3.18. The summed E-state index contributed by atoms with van der Waals surface area (Å²) in [6, 6.07) is 10.2. The number of aryl methyl sites for hydroxylation is 1. The lowest BCUT2D eigenvalue weighted by Gasteiger charge is -2.33. The number of hydrogen-bond donors (Lipinski definition) is 1. The molecule has 1 amide bonds. The van der Waals surface area contributed by atoms with Gasteiger partial charge in [-0.2, -0.15) is 0 Å². The number of amides is 1. The zero-order chi connectivity index (χ0) is 21.5. The highest BCUT2D eigenvalue weighted by Gasteiger charge is 2.26. The van der Waals surface area contributed by atoms with Crippen molar-refractivity contribution in [3.05, 3.63) is 42.1 Å². The van der Waals surface area contributed by atoms with Crippen molar-refractivity contribution in [1.29, 1.82) is 0 Å². The SMILES string of the molecule is Cc1ccc(-c2nccc(N3CCCC(C(=O)NCCCN4CCCCC4)C3)n2)cc1. The molecule has 6 nitrogen and oxygen atoms in total. The third-order valence-corrected chi connectivity index (χ3v) is 6.47. The molecule has 6 heteroatoms. The second-order valence-electron chi connectivity index (χ2n) is 8.94. The van der Waals surface area contributed by atoms with Crippen LogP contribution in [0.15, 0.2) is 36.5 Å². The minimum atomic E-state index is 0.0292. The standard InChI is InChI=1S/C25H35N5O/c1-20-8-10-21(11-9-20)24-26-14-12-23(28-24)30-18-5-7-22(19-30)25(31)27-13-6-17-29-15-3-2-4-16-29/h8-12,14,22H,2-7,13,15-19H2,1H3,(H,27,31). The summed E-state index contributed by atoms with van der Waals surface area (Å²) in [4.78, 5) is 26.8. The Morgan fingerprint density at radius 1 is 1.06 bits per heavy atom. The molecule has 0 saturated carbocycles. The Kier molecular flexibility index (Phi) is 7.52. The van der Waals surface area contributed by atoms with Crippen LogP contribution in [0.2, 0.25) is 0 Å². The van der Waals surface area contributed by atoms with Gasteiger partial charge < -0.3 is 15.1 Å². The molecule has 31 heavy (non-hydrogen) atoms. The third-order valence-electron chi connectivity index (χ3n) is 6.47. The fraction of sp³-hybridized carbons (Fsp3) is 0.560. The molecule has 0 spiro atoms. The number of piperidine rings is 2. The first-order valence-corrected chi connectivity index (χ1v) is 11.8. The lowest BCUT2D eigenvalue weighted by atomic mass is 9.97. The highest BCUT2D eigenvalue weighted by Crippen LogP contribution is 2.24. The number of benzene rings is 1. The monoisotopic (exact) mass is 421 g/mol. The van der Waals surface area contributed by atoms with Gasteiger partial charge in [0.05, 0.1) is 5.92 Å². The first-order valence-electron chi connectivity index (χ1n) is 11.8. The maximum absolute atomic E-state index is 12.8. The van der Waals surface area contributed by atoms with E-state index in [1.165, 1.54) is 37.9 Å². The Morgan fingerprint density at radius 3 is 2.68 bits per heavy atom. The van der Waals surface area contributed by atoms with Crippen molar-refractivity contribution in [3.8, 4) is 11.4 Å². The summed E-state index contributed by atoms with van der Waals surface area (Å²) < 4.78 is 0. The molecule has 0 bridgehead atoms. The molecule has 2 aliphatic rings. The molecule has 1 N–H and O–H groups in total. The number of carbonyl (C=O) groups excluding carboxylic acids is 1. The second-order valence-corrected chi connectivity index (χ2v) is 8.94. The van der Waals surface area contributed by atoms with Crippen molar-refractivity contribution < 1.29 is 4.79 Å². The number of carbonyl (C=O) groups is 1. The van der Waals surface area contributed by atoms with E-state index in [-0.39, 0.29) is 11.8 Å². The van der Waals surface area contributed by atoms with E-state index < -0.39 is 0 Å². The molecule has 4 rings (SSSR count). The topological polar surface area (TPSA) is 61.4 Å². The molecule has 0 aliphatic carbocycles. The molecule has 2 aromatic rings. The van der Waals surface area contributed by atoms with Gasteiger partial charge in [0, 0.05) is 31.4 Å². The van der Waals surface area contributed by atoms with Gasteiger partial charge >= 0.3 is 0 Å². The molecule has 166 valence electrons. The average Bonchev–Trinajstić information content (AvgIpc) is 2.83. The van der Waals surface area contributed by atoms with Crippen molar-refractivity contribution in [1.82, 2.24) is 20.2 Å². The van der Waals surface area contributed by atoms with Crippen LogP contribution in [0, 0.1) is 12.8 Å². The summed E-state index contributed by atoms with van der Waals surface area (Å²) in [6.45, 7) is 8.04. The molecule has 2 saturated heterocycles. The highest BCUT2D eigenvalue weighted by molar-refractivity contribution is 5.79. The predicted octanol–water partition coefficient (Wildman–Crippen LogP) is 3.66. The Morgan fingerprint density at radius 2 is 1.87 bits per heavy atom. The minimum Gasteiger partial charge on any atom is -0.356 e. The first kappa shape index (κ1) is 21.8. The van der Waals surface area contributed by atoms with E-state index in [4.69, 9.17) is 4.98 Å². The fourth-order valence-corrected chi connectivity index (χ4v) is 4.61. The Balaban J connectivity index is 1.29. The van der Waals surface area contributed by atoms with E-state index in [1.807, 2.05) is 12.3 Å². The Labute approximate surface area is 186 Å². The van der Waals surface area contributed by atoms with Gasteiger partial charge in [-0.3, -0.25) is 4.79 Å². The van der Waals surface area contributed by atoms with E-state index in [9.17, 15) is 4.79 Å². The zero-order valence-corrected chi connectivity index (χ0v) is 18.7. The number of rotatable bonds is 7. The van der Waals surface area contributed by atoms with E-state index in [1.54, 1.807) is 0 Å². The van der Waals surface area contributed by atoms with Crippen LogP contribution in [-0.2, 0) is 4.79 Å². The average molecular weight is 422 g/mol. The molecular formula is C25H35N5O. The van der Waals surface area contributed by atoms with Crippen LogP contribution in [0.5, 0.6) is 0 Å². The lowest BCUT2D eigenvalue weighted by Crippen LogP contribution is -2.44. The van der Waals surface area contributed by atoms with Gasteiger partial charge in [0.25, 0.3) is 0 Å². The molecule has 1 unspecified atom stereocenters. The van der Waals surface area contributed by atoms with Gasteiger partial charge in [-0.25, -0.2) is 9.97 Å². The van der Waals surface area contributed by atoms with E-state index in [0.717, 1.165) is 62.6 Å². The normalized spacial score (nSPS) is 19.9. The van der Waals surface area contributed by atoms with Crippen molar-refractivity contribution >= 4 is 11.7 Å². The first-order chi connectivity index (χ1) is 15.2. The predicted molar refractivity (Wildman–Crippen MR) is 125 cm³/mol. The van der Waals surface area contributed by atoms with Gasteiger partial charge in [-0.15, -0.1) is 0 Å². The molecule has 1 aromatic heterocycles. The Bertz CT molecular complexity index is 847. The smallest absolute Gasteiger partial charge is 0.224 e. The summed E-state index contributed by atoms with van der Waals surface area (Å²) in [5.41, 5.74) is 2.24. The second kappa shape index (κ2) is 10.7. The van der Waals surface area contributed by atoms with Crippen LogP contribution in [0.3, 0.4) is 0 Å². The van der Waals surface area contributed by atoms with Crippen LogP contribution in [-0.4, -0.2) is 60.0 Å². The van der Waals surface area contributed by atoms with E-state index in [2.05, 4.69) is 51.3 Å². The minimum absolute atomic E-state index is 0.0292. The quantitative estimate of drug-likeness (QED) is 0.692. The van der Waals surface area contributed by atoms with Gasteiger partial charge in [0.1, 0.15) is 5.82 Å². The van der Waals surface area contributed by atoms with Gasteiger partial charge in [-0.05, 0) is 64.7 Å². The summed E-state index contributed by atoms with van der Waals surface area (Å²) in [7, 11) is 0. The van der Waals surface area contributed by atoms with Crippen LogP contribution < -0.4 is 10.2 Å². The van der Waals surface area contributed by atoms with Crippen LogP contribution in [0.25, 0.3) is 11.4 Å². The molecular weight excluding hydrogens is 386 g/mol. The maximum Gasteiger partial charge on any atom is 0.224 e. The number of likely N-dealkylation sites (tertiary alicyclic amines) is 1. The van der Waals surface area contributed by atoms with Crippen molar-refractivity contribution in [2.45, 2.75) is 45.4 Å². The number of aromatic nitrogens is 2. The van der Waals surface area contributed by atoms with E-state index >= 15 is 0 Å². The number of hydrogen-bond acceptors (Lipinski definition) is 5. The number of nitrogens with zero attached hydrogens (tertiary/aromatic N) is 4. The van der Waals surface area contributed by atoms with Gasteiger partial charge in [-0.1, -0.05) is 36.2 Å². The van der Waals surface area contributed by atoms with Gasteiger partial charge in [0.2, 0.25) is 5.91 Å². The number of anilines is 1. The van der Waals surface area contributed by atoms with Crippen molar-refractivity contribution in [3.63, 3.8) is 0 Å². The van der Waals surface area contributed by atoms with E-state index in [0.29, 0.717) is 0 Å². The van der Waals surface area contributed by atoms with Crippen LogP contribution in [0.4, 0.5) is 5.82 Å². The molecule has 1 aromatic carbocycles. The maximum atomic E-state index is 12.8.